The van der Waals surface area contributed by atoms with E-state index in [0.717, 1.165) is 16.1 Å². The Balaban J connectivity index is 1.83. The lowest BCUT2D eigenvalue weighted by molar-refractivity contribution is 0.112. The van der Waals surface area contributed by atoms with Gasteiger partial charge in [-0.1, -0.05) is 35.5 Å². The zero-order valence-electron chi connectivity index (χ0n) is 12.5. The largest absolute Gasteiger partial charge is 0.456 e. The fourth-order valence-corrected chi connectivity index (χ4v) is 3.10. The molecule has 0 amide bonds. The molecule has 0 aliphatic heterocycles. The Bertz CT molecular complexity index is 869. The Morgan fingerprint density at radius 2 is 1.79 bits per heavy atom. The Morgan fingerprint density at radius 3 is 2.50 bits per heavy atom. The number of nitrogen functional groups attached to an aromatic ring is 1. The maximum atomic E-state index is 10.7. The molecular weight excluding hydrogens is 344 g/mol. The maximum Gasteiger partial charge on any atom is 0.150 e. The van der Waals surface area contributed by atoms with Crippen LogP contribution < -0.4 is 10.5 Å². The number of aromatic nitrogens is 1. The SMILES string of the molecule is Nc1ncc(Oc2ccc(C=O)cc2)cc1Sc1ccccc1Cl. The number of nitrogens with zero attached hydrogens (tertiary/aromatic N) is 1. The average Bonchev–Trinajstić information content (AvgIpc) is 2.60. The molecular formula is C18H13ClN2O2S. The van der Waals surface area contributed by atoms with Gasteiger partial charge in [-0.15, -0.1) is 0 Å². The van der Waals surface area contributed by atoms with Gasteiger partial charge in [-0.2, -0.15) is 0 Å². The van der Waals surface area contributed by atoms with E-state index in [-0.39, 0.29) is 0 Å². The van der Waals surface area contributed by atoms with Crippen molar-refractivity contribution >= 4 is 35.5 Å². The van der Waals surface area contributed by atoms with Crippen LogP contribution in [0.1, 0.15) is 10.4 Å². The summed E-state index contributed by atoms with van der Waals surface area (Å²) in [5.74, 6) is 1.57. The smallest absolute Gasteiger partial charge is 0.150 e. The summed E-state index contributed by atoms with van der Waals surface area (Å²) < 4.78 is 5.76. The van der Waals surface area contributed by atoms with Crippen molar-refractivity contribution in [2.75, 3.05) is 5.73 Å². The third-order valence-corrected chi connectivity index (χ3v) is 4.73. The molecule has 0 fully saturated rings. The summed E-state index contributed by atoms with van der Waals surface area (Å²) in [4.78, 5) is 16.5. The van der Waals surface area contributed by atoms with Crippen molar-refractivity contribution in [3.63, 3.8) is 0 Å². The molecule has 0 spiro atoms. The predicted octanol–water partition coefficient (Wildman–Crippen LogP) is 5.07. The van der Waals surface area contributed by atoms with Crippen LogP contribution in [0.5, 0.6) is 11.5 Å². The van der Waals surface area contributed by atoms with Crippen LogP contribution in [0.4, 0.5) is 5.82 Å². The molecule has 0 atom stereocenters. The average molecular weight is 357 g/mol. The summed E-state index contributed by atoms with van der Waals surface area (Å²) in [5.41, 5.74) is 6.54. The lowest BCUT2D eigenvalue weighted by Gasteiger charge is -2.10. The Hall–Kier alpha value is -2.50. The maximum absolute atomic E-state index is 10.7. The van der Waals surface area contributed by atoms with E-state index in [9.17, 15) is 4.79 Å². The van der Waals surface area contributed by atoms with Crippen molar-refractivity contribution in [3.8, 4) is 11.5 Å². The molecule has 120 valence electrons. The fourth-order valence-electron chi connectivity index (χ4n) is 1.97. The minimum Gasteiger partial charge on any atom is -0.456 e. The molecule has 3 rings (SSSR count). The van der Waals surface area contributed by atoms with Gasteiger partial charge in [-0.3, -0.25) is 4.79 Å². The van der Waals surface area contributed by atoms with Gasteiger partial charge in [-0.05, 0) is 36.4 Å². The highest BCUT2D eigenvalue weighted by atomic mass is 35.5. The Morgan fingerprint density at radius 1 is 1.04 bits per heavy atom. The van der Waals surface area contributed by atoms with Crippen LogP contribution in [0.25, 0.3) is 0 Å². The van der Waals surface area contributed by atoms with E-state index in [1.807, 2.05) is 30.3 Å². The molecule has 0 radical (unpaired) electrons. The first-order valence-electron chi connectivity index (χ1n) is 7.07. The van der Waals surface area contributed by atoms with Gasteiger partial charge < -0.3 is 10.5 Å². The summed E-state index contributed by atoms with van der Waals surface area (Å²) in [6, 6.07) is 16.1. The number of hydrogen-bond acceptors (Lipinski definition) is 5. The molecule has 4 nitrogen and oxygen atoms in total. The summed E-state index contributed by atoms with van der Waals surface area (Å²) in [7, 11) is 0. The molecule has 2 aromatic carbocycles. The summed E-state index contributed by atoms with van der Waals surface area (Å²) in [6.07, 6.45) is 2.34. The van der Waals surface area contributed by atoms with Crippen LogP contribution in [-0.2, 0) is 0 Å². The molecule has 0 aliphatic rings. The third-order valence-electron chi connectivity index (χ3n) is 3.17. The van der Waals surface area contributed by atoms with Crippen LogP contribution in [0, 0.1) is 0 Å². The quantitative estimate of drug-likeness (QED) is 0.646. The number of aldehydes is 1. The van der Waals surface area contributed by atoms with Crippen LogP contribution in [-0.4, -0.2) is 11.3 Å². The number of carbonyl (C=O) groups excluding carboxylic acids is 1. The molecule has 0 unspecified atom stereocenters. The summed E-state index contributed by atoms with van der Waals surface area (Å²) in [6.45, 7) is 0. The molecule has 0 saturated carbocycles. The highest BCUT2D eigenvalue weighted by Crippen LogP contribution is 2.37. The molecule has 0 saturated heterocycles. The van der Waals surface area contributed by atoms with Crippen LogP contribution in [0.15, 0.2) is 70.6 Å². The molecule has 24 heavy (non-hydrogen) atoms. The first kappa shape index (κ1) is 16.4. The van der Waals surface area contributed by atoms with Crippen molar-refractivity contribution in [2.45, 2.75) is 9.79 Å². The predicted molar refractivity (Wildman–Crippen MR) is 96.1 cm³/mol. The monoisotopic (exact) mass is 356 g/mol. The Labute approximate surface area is 148 Å². The highest BCUT2D eigenvalue weighted by Gasteiger charge is 2.09. The van der Waals surface area contributed by atoms with Crippen molar-refractivity contribution in [1.29, 1.82) is 0 Å². The van der Waals surface area contributed by atoms with Crippen LogP contribution >= 0.6 is 23.4 Å². The van der Waals surface area contributed by atoms with Gasteiger partial charge in [0.2, 0.25) is 0 Å². The fraction of sp³-hybridized carbons (Fsp3) is 0. The molecule has 0 bridgehead atoms. The van der Waals surface area contributed by atoms with Gasteiger partial charge in [0, 0.05) is 16.5 Å². The molecule has 6 heteroatoms. The summed E-state index contributed by atoms with van der Waals surface area (Å²) >= 11 is 7.61. The second-order valence-corrected chi connectivity index (χ2v) is 6.37. The second kappa shape index (κ2) is 7.38. The topological polar surface area (TPSA) is 65.2 Å². The van der Waals surface area contributed by atoms with Gasteiger partial charge in [0.15, 0.2) is 0 Å². The van der Waals surface area contributed by atoms with E-state index in [1.54, 1.807) is 30.5 Å². The first-order valence-corrected chi connectivity index (χ1v) is 8.26. The summed E-state index contributed by atoms with van der Waals surface area (Å²) in [5, 5.41) is 0.651. The number of nitrogens with two attached hydrogens (primary N) is 1. The standard InChI is InChI=1S/C18H13ClN2O2S/c19-15-3-1-2-4-16(15)24-17-9-14(10-21-18(17)20)23-13-7-5-12(11-22)6-8-13/h1-11H,(H2,20,21). The second-order valence-electron chi connectivity index (χ2n) is 4.88. The van der Waals surface area contributed by atoms with E-state index >= 15 is 0 Å². The van der Waals surface area contributed by atoms with Gasteiger partial charge >= 0.3 is 0 Å². The number of ether oxygens (including phenoxy) is 1. The first-order chi connectivity index (χ1) is 11.7. The van der Waals surface area contributed by atoms with Gasteiger partial charge in [-0.25, -0.2) is 4.98 Å². The Kier molecular flexibility index (Phi) is 5.03. The number of anilines is 1. The van der Waals surface area contributed by atoms with Crippen molar-refractivity contribution < 1.29 is 9.53 Å². The van der Waals surface area contributed by atoms with E-state index in [1.165, 1.54) is 11.8 Å². The molecule has 2 N–H and O–H groups in total. The molecule has 1 aromatic heterocycles. The lowest BCUT2D eigenvalue weighted by atomic mass is 10.2. The number of carbonyl (C=O) groups is 1. The normalized spacial score (nSPS) is 10.4. The third kappa shape index (κ3) is 3.88. The van der Waals surface area contributed by atoms with Crippen molar-refractivity contribution in [2.24, 2.45) is 0 Å². The minimum atomic E-state index is 0.406. The van der Waals surface area contributed by atoms with E-state index in [0.29, 0.717) is 27.9 Å². The van der Waals surface area contributed by atoms with Gasteiger partial charge in [0.05, 0.1) is 16.1 Å². The number of halogens is 1. The molecule has 1 heterocycles. The highest BCUT2D eigenvalue weighted by molar-refractivity contribution is 7.99. The van der Waals surface area contributed by atoms with Gasteiger partial charge in [0.25, 0.3) is 0 Å². The molecule has 0 aliphatic carbocycles. The molecule has 3 aromatic rings. The number of pyridine rings is 1. The van der Waals surface area contributed by atoms with E-state index in [2.05, 4.69) is 4.98 Å². The van der Waals surface area contributed by atoms with Crippen molar-refractivity contribution in [1.82, 2.24) is 4.98 Å². The lowest BCUT2D eigenvalue weighted by Crippen LogP contribution is -1.94. The van der Waals surface area contributed by atoms with E-state index < -0.39 is 0 Å². The number of rotatable bonds is 5. The number of benzene rings is 2. The van der Waals surface area contributed by atoms with Crippen molar-refractivity contribution in [3.05, 3.63) is 71.4 Å². The van der Waals surface area contributed by atoms with Gasteiger partial charge in [0.1, 0.15) is 23.6 Å². The minimum absolute atomic E-state index is 0.406. The zero-order valence-corrected chi connectivity index (χ0v) is 14.1. The zero-order chi connectivity index (χ0) is 16.9. The van der Waals surface area contributed by atoms with Crippen LogP contribution in [0.2, 0.25) is 5.02 Å². The van der Waals surface area contributed by atoms with Crippen LogP contribution in [0.3, 0.4) is 0 Å². The van der Waals surface area contributed by atoms with E-state index in [4.69, 9.17) is 22.1 Å². The number of hydrogen-bond donors (Lipinski definition) is 1.